The van der Waals surface area contributed by atoms with Crippen LogP contribution in [0.25, 0.3) is 11.0 Å². The van der Waals surface area contributed by atoms with Gasteiger partial charge in [0.05, 0.1) is 23.7 Å². The summed E-state index contributed by atoms with van der Waals surface area (Å²) in [6.07, 6.45) is 14.0. The Kier molecular flexibility index (Phi) is 6.44. The van der Waals surface area contributed by atoms with Crippen molar-refractivity contribution in [3.05, 3.63) is 65.1 Å². The fraction of sp³-hybridized carbons (Fsp3) is 0.462. The Morgan fingerprint density at radius 1 is 1.21 bits per heavy atom. The van der Waals surface area contributed by atoms with Crippen LogP contribution in [0.4, 0.5) is 0 Å². The Morgan fingerprint density at radius 3 is 2.94 bits per heavy atom. The van der Waals surface area contributed by atoms with Gasteiger partial charge in [0.15, 0.2) is 5.76 Å². The molecule has 0 saturated heterocycles. The minimum absolute atomic E-state index is 0.434. The Balaban J connectivity index is 1.13. The predicted octanol–water partition coefficient (Wildman–Crippen LogP) is 3.94. The number of pyridine rings is 2. The molecule has 5 rings (SSSR count). The van der Waals surface area contributed by atoms with Crippen molar-refractivity contribution in [2.45, 2.75) is 56.6 Å². The molecular formula is C26H31N3O4. The molecule has 0 atom stereocenters. The smallest absolute Gasteiger partial charge is 0.213 e. The highest BCUT2D eigenvalue weighted by molar-refractivity contribution is 5.78. The second kappa shape index (κ2) is 9.63. The summed E-state index contributed by atoms with van der Waals surface area (Å²) in [7, 11) is 1.62. The van der Waals surface area contributed by atoms with E-state index >= 15 is 0 Å². The van der Waals surface area contributed by atoms with Gasteiger partial charge >= 0.3 is 0 Å². The molecule has 0 bridgehead atoms. The lowest BCUT2D eigenvalue weighted by molar-refractivity contribution is -0.255. The molecule has 0 spiro atoms. The monoisotopic (exact) mass is 449 g/mol. The molecule has 33 heavy (non-hydrogen) atoms. The summed E-state index contributed by atoms with van der Waals surface area (Å²) < 4.78 is 5.28. The predicted molar refractivity (Wildman–Crippen MR) is 126 cm³/mol. The molecule has 7 nitrogen and oxygen atoms in total. The van der Waals surface area contributed by atoms with Crippen LogP contribution in [0.1, 0.15) is 44.1 Å². The number of fused-ring (bicyclic) bond motifs is 2. The van der Waals surface area contributed by atoms with Crippen LogP contribution in [0.5, 0.6) is 5.88 Å². The van der Waals surface area contributed by atoms with Gasteiger partial charge in [-0.3, -0.25) is 4.98 Å². The topological polar surface area (TPSA) is 85.7 Å². The molecule has 3 aliphatic rings. The van der Waals surface area contributed by atoms with Gasteiger partial charge in [-0.2, -0.15) is 4.89 Å². The van der Waals surface area contributed by atoms with Crippen LogP contribution < -0.4 is 10.1 Å². The first kappa shape index (κ1) is 22.1. The molecule has 0 unspecified atom stereocenters. The van der Waals surface area contributed by atoms with Crippen LogP contribution >= 0.6 is 0 Å². The van der Waals surface area contributed by atoms with Crippen LogP contribution in [-0.4, -0.2) is 47.0 Å². The van der Waals surface area contributed by atoms with Crippen molar-refractivity contribution in [2.24, 2.45) is 0 Å². The molecule has 3 heterocycles. The Bertz CT molecular complexity index is 1100. The van der Waals surface area contributed by atoms with Crippen LogP contribution in [0.15, 0.2) is 59.5 Å². The van der Waals surface area contributed by atoms with Crippen LogP contribution in [-0.2, 0) is 16.2 Å². The lowest BCUT2D eigenvalue weighted by Crippen LogP contribution is -2.42. The molecule has 174 valence electrons. The lowest BCUT2D eigenvalue weighted by atomic mass is 9.78. The standard InChI is InChI=1S/C26H31N3O4/c1-31-24-5-3-22-25(29-24)19(9-14-27-22)6-11-26(30)12-7-21(8-13-26)28-17-18-2-4-23-20(16-18)10-15-32-33-23/h2-5,9-10,14,21,28,30H,6-8,11-13,15-17H2,1H3/t21-,26+. The Labute approximate surface area is 194 Å². The first-order chi connectivity index (χ1) is 16.1. The summed E-state index contributed by atoms with van der Waals surface area (Å²) in [6.45, 7) is 1.37. The highest BCUT2D eigenvalue weighted by Crippen LogP contribution is 2.34. The zero-order valence-corrected chi connectivity index (χ0v) is 19.0. The number of nitrogens with zero attached hydrogens (tertiary/aromatic N) is 2. The van der Waals surface area contributed by atoms with E-state index in [0.29, 0.717) is 18.5 Å². The average molecular weight is 450 g/mol. The normalized spacial score (nSPS) is 24.9. The molecule has 2 N–H and O–H groups in total. The third kappa shape index (κ3) is 5.11. The zero-order valence-electron chi connectivity index (χ0n) is 19.0. The van der Waals surface area contributed by atoms with E-state index in [0.717, 1.165) is 73.8 Å². The van der Waals surface area contributed by atoms with Gasteiger partial charge in [0.25, 0.3) is 0 Å². The maximum absolute atomic E-state index is 11.2. The van der Waals surface area contributed by atoms with Gasteiger partial charge in [-0.15, -0.1) is 0 Å². The molecule has 7 heteroatoms. The fourth-order valence-electron chi connectivity index (χ4n) is 4.93. The van der Waals surface area contributed by atoms with E-state index in [1.807, 2.05) is 30.5 Å². The van der Waals surface area contributed by atoms with Crippen LogP contribution in [0.3, 0.4) is 0 Å². The van der Waals surface area contributed by atoms with Gasteiger partial charge in [0, 0.05) is 30.4 Å². The number of ether oxygens (including phenoxy) is 1. The quantitative estimate of drug-likeness (QED) is 0.620. The van der Waals surface area contributed by atoms with Crippen molar-refractivity contribution < 1.29 is 19.6 Å². The largest absolute Gasteiger partial charge is 0.481 e. The first-order valence-electron chi connectivity index (χ1n) is 11.7. The highest BCUT2D eigenvalue weighted by Gasteiger charge is 2.33. The summed E-state index contributed by atoms with van der Waals surface area (Å²) in [5, 5.41) is 14.9. The number of methoxy groups -OCH3 is 1. The van der Waals surface area contributed by atoms with Gasteiger partial charge in [-0.05, 0) is 74.8 Å². The molecule has 0 radical (unpaired) electrons. The van der Waals surface area contributed by atoms with Gasteiger partial charge < -0.3 is 20.0 Å². The van der Waals surface area contributed by atoms with E-state index < -0.39 is 5.60 Å². The first-order valence-corrected chi connectivity index (χ1v) is 11.7. The van der Waals surface area contributed by atoms with E-state index in [1.165, 1.54) is 11.1 Å². The summed E-state index contributed by atoms with van der Waals surface area (Å²) >= 11 is 0. The van der Waals surface area contributed by atoms with E-state index in [2.05, 4.69) is 27.4 Å². The van der Waals surface area contributed by atoms with E-state index in [1.54, 1.807) is 7.11 Å². The second-order valence-electron chi connectivity index (χ2n) is 9.20. The number of nitrogens with one attached hydrogen (secondary N) is 1. The molecule has 2 aromatic rings. The molecule has 2 aliphatic carbocycles. The van der Waals surface area contributed by atoms with Crippen molar-refractivity contribution in [2.75, 3.05) is 20.3 Å². The third-order valence-electron chi connectivity index (χ3n) is 7.00. The zero-order chi connectivity index (χ0) is 22.7. The van der Waals surface area contributed by atoms with Gasteiger partial charge in [-0.1, -0.05) is 11.6 Å². The van der Waals surface area contributed by atoms with E-state index in [4.69, 9.17) is 14.5 Å². The van der Waals surface area contributed by atoms with Crippen molar-refractivity contribution in [3.63, 3.8) is 0 Å². The van der Waals surface area contributed by atoms with Crippen LogP contribution in [0, 0.1) is 0 Å². The van der Waals surface area contributed by atoms with Crippen molar-refractivity contribution >= 4 is 11.0 Å². The summed E-state index contributed by atoms with van der Waals surface area (Å²) in [5.41, 5.74) is 4.75. The molecule has 1 fully saturated rings. The van der Waals surface area contributed by atoms with Crippen molar-refractivity contribution in [3.8, 4) is 5.88 Å². The highest BCUT2D eigenvalue weighted by atomic mass is 17.2. The minimum Gasteiger partial charge on any atom is -0.481 e. The summed E-state index contributed by atoms with van der Waals surface area (Å²) in [6, 6.07) is 6.19. The number of hydrogen-bond donors (Lipinski definition) is 2. The summed E-state index contributed by atoms with van der Waals surface area (Å²) in [5.74, 6) is 1.41. The number of aliphatic hydroxyl groups is 1. The Morgan fingerprint density at radius 2 is 2.09 bits per heavy atom. The second-order valence-corrected chi connectivity index (χ2v) is 9.20. The SMILES string of the molecule is COc1ccc2nccc(CC[C@]3(O)CC[C@@H](NCC4=CC=C5OOCC=C5C4)CC3)c2n1. The van der Waals surface area contributed by atoms with Crippen LogP contribution in [0.2, 0.25) is 0 Å². The van der Waals surface area contributed by atoms with Crippen molar-refractivity contribution in [1.29, 1.82) is 0 Å². The maximum atomic E-state index is 11.2. The number of hydrogen-bond acceptors (Lipinski definition) is 7. The summed E-state index contributed by atoms with van der Waals surface area (Å²) in [4.78, 5) is 19.2. The molecule has 1 aliphatic heterocycles. The van der Waals surface area contributed by atoms with E-state index in [9.17, 15) is 5.11 Å². The van der Waals surface area contributed by atoms with E-state index in [-0.39, 0.29) is 0 Å². The molecular weight excluding hydrogens is 418 g/mol. The number of aryl methyl sites for hydroxylation is 1. The Hall–Kier alpha value is -2.74. The third-order valence-corrected chi connectivity index (χ3v) is 7.00. The molecule has 0 aromatic carbocycles. The molecule has 2 aromatic heterocycles. The molecule has 0 amide bonds. The molecule has 1 saturated carbocycles. The van der Waals surface area contributed by atoms with Crippen molar-refractivity contribution in [1.82, 2.24) is 15.3 Å². The number of allylic oxidation sites excluding steroid dienone is 3. The number of rotatable bonds is 7. The maximum Gasteiger partial charge on any atom is 0.213 e. The average Bonchev–Trinajstić information content (AvgIpc) is 2.87. The fourth-order valence-corrected chi connectivity index (χ4v) is 4.93. The van der Waals surface area contributed by atoms with Gasteiger partial charge in [0.2, 0.25) is 5.88 Å². The number of aromatic nitrogens is 2. The minimum atomic E-state index is -0.626. The van der Waals surface area contributed by atoms with Gasteiger partial charge in [-0.25, -0.2) is 4.98 Å². The van der Waals surface area contributed by atoms with Gasteiger partial charge in [0.1, 0.15) is 6.61 Å². The lowest BCUT2D eigenvalue weighted by Gasteiger charge is -2.37.